The summed E-state index contributed by atoms with van der Waals surface area (Å²) in [4.78, 5) is 55.0. The maximum Gasteiger partial charge on any atom is 0.305 e. The first-order chi connectivity index (χ1) is 15.4. The number of fused-ring (bicyclic) bond motifs is 9. The predicted octanol–water partition coefficient (Wildman–Crippen LogP) is 2.69. The number of H-pyrrole nitrogens is 1. The molecule has 3 fully saturated rings. The zero-order valence-electron chi connectivity index (χ0n) is 17.3. The number of thioether (sulfide) groups is 1. The van der Waals surface area contributed by atoms with Crippen molar-refractivity contribution in [2.24, 2.45) is 29.6 Å². The minimum absolute atomic E-state index is 0.0216. The number of carbonyl (C=O) groups is 3. The summed E-state index contributed by atoms with van der Waals surface area (Å²) in [5, 5.41) is 10.1. The number of carboxylic acid groups (broad SMARTS) is 1. The monoisotopic (exact) mass is 470 g/mol. The lowest BCUT2D eigenvalue weighted by molar-refractivity contribution is -0.142. The molecule has 32 heavy (non-hydrogen) atoms. The second-order valence-electron chi connectivity index (χ2n) is 9.29. The number of rotatable bonds is 4. The quantitative estimate of drug-likeness (QED) is 0.666. The largest absolute Gasteiger partial charge is 0.481 e. The minimum Gasteiger partial charge on any atom is -0.481 e. The summed E-state index contributed by atoms with van der Waals surface area (Å²) in [7, 11) is 0. The van der Waals surface area contributed by atoms with Gasteiger partial charge >= 0.3 is 10.8 Å². The molecule has 2 N–H and O–H groups in total. The highest BCUT2D eigenvalue weighted by atomic mass is 32.2. The topological polar surface area (TPSA) is 108 Å². The van der Waals surface area contributed by atoms with Gasteiger partial charge in [0.05, 0.1) is 23.3 Å². The highest BCUT2D eigenvalue weighted by Crippen LogP contribution is 2.68. The van der Waals surface area contributed by atoms with E-state index < -0.39 is 5.97 Å². The van der Waals surface area contributed by atoms with Gasteiger partial charge in [0.15, 0.2) is 0 Å². The first-order valence-electron chi connectivity index (χ1n) is 10.9. The standard InChI is InChI=1S/C23H22N2O5S2/c1-9-4-2-3-5-10(9)14-15-11-8-12(18(15)31-20-19(14)32-23(30)24-20)17-16(11)21(28)25(22(17)29)7-6-13(26)27/h2-5,11-12,14-18H,6-8H2,1H3,(H,24,30)(H,26,27)/t11?,12?,14?,15-,16?,17?,18?/m0/s1. The number of hydrogen-bond donors (Lipinski definition) is 2. The first-order valence-corrected chi connectivity index (χ1v) is 12.6. The van der Waals surface area contributed by atoms with Crippen LogP contribution in [0, 0.1) is 36.5 Å². The fourth-order valence-corrected chi connectivity index (χ4v) is 9.67. The Kier molecular flexibility index (Phi) is 4.46. The molecule has 7 nitrogen and oxygen atoms in total. The molecule has 3 heterocycles. The molecule has 9 heteroatoms. The molecule has 7 atom stereocenters. The molecular formula is C23H22N2O5S2. The number of amides is 2. The Hall–Kier alpha value is -2.39. The zero-order chi connectivity index (χ0) is 22.3. The number of likely N-dealkylation sites (tertiary alicyclic amines) is 1. The van der Waals surface area contributed by atoms with E-state index in [1.807, 2.05) is 12.1 Å². The molecule has 2 bridgehead atoms. The van der Waals surface area contributed by atoms with Crippen molar-refractivity contribution in [3.05, 3.63) is 49.9 Å². The van der Waals surface area contributed by atoms with E-state index in [4.69, 9.17) is 5.11 Å². The highest BCUT2D eigenvalue weighted by molar-refractivity contribution is 8.00. The van der Waals surface area contributed by atoms with E-state index in [-0.39, 0.29) is 70.4 Å². The van der Waals surface area contributed by atoms with E-state index in [9.17, 15) is 19.2 Å². The molecule has 0 radical (unpaired) electrons. The third-order valence-electron chi connectivity index (χ3n) is 7.89. The Morgan fingerprint density at radius 2 is 1.88 bits per heavy atom. The van der Waals surface area contributed by atoms with Crippen LogP contribution in [0.4, 0.5) is 0 Å². The van der Waals surface area contributed by atoms with E-state index in [2.05, 4.69) is 24.0 Å². The van der Waals surface area contributed by atoms with Crippen LogP contribution in [0.2, 0.25) is 0 Å². The number of benzene rings is 1. The number of imide groups is 1. The van der Waals surface area contributed by atoms with Crippen LogP contribution in [-0.4, -0.2) is 44.6 Å². The number of nitrogens with one attached hydrogen (secondary N) is 1. The molecule has 2 saturated carbocycles. The van der Waals surface area contributed by atoms with Crippen LogP contribution >= 0.6 is 23.1 Å². The van der Waals surface area contributed by atoms with Gasteiger partial charge in [0.25, 0.3) is 0 Å². The van der Waals surface area contributed by atoms with Gasteiger partial charge in [0, 0.05) is 22.6 Å². The summed E-state index contributed by atoms with van der Waals surface area (Å²) in [5.74, 6) is -1.83. The fraction of sp³-hybridized carbons (Fsp3) is 0.478. The van der Waals surface area contributed by atoms with Crippen molar-refractivity contribution in [3.63, 3.8) is 0 Å². The van der Waals surface area contributed by atoms with Crippen LogP contribution in [0.5, 0.6) is 0 Å². The summed E-state index contributed by atoms with van der Waals surface area (Å²) in [6, 6.07) is 8.22. The van der Waals surface area contributed by atoms with Crippen LogP contribution < -0.4 is 4.87 Å². The van der Waals surface area contributed by atoms with Crippen molar-refractivity contribution in [2.75, 3.05) is 6.54 Å². The zero-order valence-corrected chi connectivity index (χ0v) is 18.9. The van der Waals surface area contributed by atoms with Gasteiger partial charge in [0.1, 0.15) is 0 Å². The van der Waals surface area contributed by atoms with Crippen molar-refractivity contribution in [1.29, 1.82) is 0 Å². The lowest BCUT2D eigenvalue weighted by Crippen LogP contribution is -2.42. The summed E-state index contributed by atoms with van der Waals surface area (Å²) in [5.41, 5.74) is 2.34. The summed E-state index contributed by atoms with van der Waals surface area (Å²) >= 11 is 2.92. The number of carboxylic acids is 1. The molecule has 2 aliphatic heterocycles. The van der Waals surface area contributed by atoms with Gasteiger partial charge < -0.3 is 10.1 Å². The molecular weight excluding hydrogens is 448 g/mol. The molecule has 166 valence electrons. The van der Waals surface area contributed by atoms with E-state index >= 15 is 0 Å². The molecule has 6 rings (SSSR count). The number of hydrogen-bond acceptors (Lipinski definition) is 6. The molecule has 6 unspecified atom stereocenters. The Morgan fingerprint density at radius 3 is 2.59 bits per heavy atom. The van der Waals surface area contributed by atoms with Gasteiger partial charge in [-0.3, -0.25) is 24.1 Å². The normalized spacial score (nSPS) is 34.5. The second-order valence-corrected chi connectivity index (χ2v) is 11.5. The number of aryl methyl sites for hydroxylation is 1. The van der Waals surface area contributed by atoms with E-state index in [0.29, 0.717) is 0 Å². The maximum atomic E-state index is 13.3. The fourth-order valence-electron chi connectivity index (χ4n) is 6.79. The lowest BCUT2D eigenvalue weighted by atomic mass is 9.67. The highest BCUT2D eigenvalue weighted by Gasteiger charge is 2.69. The molecule has 2 aliphatic carbocycles. The van der Waals surface area contributed by atoms with Crippen LogP contribution in [-0.2, 0) is 14.4 Å². The predicted molar refractivity (Wildman–Crippen MR) is 119 cm³/mol. The van der Waals surface area contributed by atoms with Gasteiger partial charge in [-0.25, -0.2) is 0 Å². The Bertz CT molecular complexity index is 1220. The molecule has 4 aliphatic rings. The Labute approximate surface area is 192 Å². The van der Waals surface area contributed by atoms with Crippen molar-refractivity contribution in [1.82, 2.24) is 9.88 Å². The van der Waals surface area contributed by atoms with Crippen LogP contribution in [0.25, 0.3) is 0 Å². The Morgan fingerprint density at radius 1 is 1.16 bits per heavy atom. The van der Waals surface area contributed by atoms with E-state index in [1.165, 1.54) is 21.8 Å². The van der Waals surface area contributed by atoms with Gasteiger partial charge in [0.2, 0.25) is 11.8 Å². The Balaban J connectivity index is 1.43. The summed E-state index contributed by atoms with van der Waals surface area (Å²) in [6.45, 7) is 2.03. The molecule has 2 aromatic rings. The smallest absolute Gasteiger partial charge is 0.305 e. The van der Waals surface area contributed by atoms with Crippen LogP contribution in [0.15, 0.2) is 34.1 Å². The second kappa shape index (κ2) is 7.05. The molecule has 2 amide bonds. The van der Waals surface area contributed by atoms with E-state index in [1.54, 1.807) is 11.8 Å². The average molecular weight is 471 g/mol. The van der Waals surface area contributed by atoms with Crippen LogP contribution in [0.1, 0.15) is 34.8 Å². The van der Waals surface area contributed by atoms with E-state index in [0.717, 1.165) is 21.9 Å². The SMILES string of the molecule is Cc1ccccc1C1c2sc(=O)[nH]c2SC2C3CC(C4C(=O)N(CCC(=O)O)C(=O)C34)[C@@H]12. The third-order valence-corrected chi connectivity index (χ3v) is 10.5. The maximum absolute atomic E-state index is 13.3. The molecule has 1 aromatic heterocycles. The third kappa shape index (κ3) is 2.67. The van der Waals surface area contributed by atoms with Crippen molar-refractivity contribution < 1.29 is 19.5 Å². The van der Waals surface area contributed by atoms with Gasteiger partial charge in [-0.05, 0) is 42.2 Å². The number of aromatic nitrogens is 1. The number of aliphatic carboxylic acids is 1. The van der Waals surface area contributed by atoms with Gasteiger partial charge in [-0.1, -0.05) is 35.6 Å². The van der Waals surface area contributed by atoms with Crippen molar-refractivity contribution in [2.45, 2.75) is 36.0 Å². The first kappa shape index (κ1) is 20.2. The summed E-state index contributed by atoms with van der Waals surface area (Å²) in [6.07, 6.45) is 0.613. The number of aromatic amines is 1. The lowest BCUT2D eigenvalue weighted by Gasteiger charge is -2.43. The molecule has 0 spiro atoms. The van der Waals surface area contributed by atoms with Gasteiger partial charge in [-0.15, -0.1) is 11.8 Å². The van der Waals surface area contributed by atoms with Crippen molar-refractivity contribution >= 4 is 40.9 Å². The molecule has 1 aromatic carbocycles. The summed E-state index contributed by atoms with van der Waals surface area (Å²) < 4.78 is 0. The minimum atomic E-state index is -1.01. The molecule has 1 saturated heterocycles. The van der Waals surface area contributed by atoms with Crippen molar-refractivity contribution in [3.8, 4) is 0 Å². The average Bonchev–Trinajstić information content (AvgIpc) is 3.46. The number of thiazole rings is 1. The van der Waals surface area contributed by atoms with Gasteiger partial charge in [-0.2, -0.15) is 0 Å². The number of nitrogens with zero attached hydrogens (tertiary/aromatic N) is 1. The van der Waals surface area contributed by atoms with Crippen LogP contribution in [0.3, 0.4) is 0 Å². The number of carbonyl (C=O) groups excluding carboxylic acids is 2.